The summed E-state index contributed by atoms with van der Waals surface area (Å²) >= 11 is 3.75. The molecular formula is C29H35N3O6S2. The predicted octanol–water partition coefficient (Wildman–Crippen LogP) is 4.25. The van der Waals surface area contributed by atoms with Crippen molar-refractivity contribution in [1.29, 1.82) is 0 Å². The maximum absolute atomic E-state index is 11.7. The Balaban J connectivity index is 0.000000406. The third-order valence-electron chi connectivity index (χ3n) is 7.17. The van der Waals surface area contributed by atoms with Gasteiger partial charge >= 0.3 is 18.0 Å². The van der Waals surface area contributed by atoms with Crippen LogP contribution >= 0.6 is 23.5 Å². The number of rotatable bonds is 7. The molecule has 3 heterocycles. The molecule has 2 aromatic rings. The van der Waals surface area contributed by atoms with Gasteiger partial charge in [0, 0.05) is 72.1 Å². The Labute approximate surface area is 243 Å². The van der Waals surface area contributed by atoms with Gasteiger partial charge in [0.15, 0.2) is 0 Å². The number of carbonyl (C=O) groups excluding carboxylic acids is 1. The molecule has 1 atom stereocenters. The molecule has 40 heavy (non-hydrogen) atoms. The van der Waals surface area contributed by atoms with Gasteiger partial charge in [0.1, 0.15) is 6.61 Å². The molecule has 0 spiro atoms. The number of carboxylic acids is 2. The number of carboxylic acid groups (broad SMARTS) is 2. The summed E-state index contributed by atoms with van der Waals surface area (Å²) in [7, 11) is 0. The van der Waals surface area contributed by atoms with Gasteiger partial charge in [-0.3, -0.25) is 9.80 Å². The number of benzene rings is 2. The SMILES string of the molecule is CSc1ccc2c(c1)C(N1CCN(CCN3CCOC3=O)CC1)Cc1cc(C)ccc1S2.O=C(O)C=CC(=O)O. The lowest BCUT2D eigenvalue weighted by Gasteiger charge is -2.40. The molecule has 3 aliphatic heterocycles. The molecule has 2 fully saturated rings. The minimum absolute atomic E-state index is 0.158. The number of hydrogen-bond acceptors (Lipinski definition) is 8. The molecule has 2 N–H and O–H groups in total. The molecule has 9 nitrogen and oxygen atoms in total. The number of ether oxygens (including phenoxy) is 1. The van der Waals surface area contributed by atoms with Crippen molar-refractivity contribution in [3.63, 3.8) is 0 Å². The maximum atomic E-state index is 11.7. The summed E-state index contributed by atoms with van der Waals surface area (Å²) in [6.07, 6.45) is 4.18. The molecule has 5 rings (SSSR count). The van der Waals surface area contributed by atoms with Gasteiger partial charge in [-0.1, -0.05) is 29.5 Å². The highest BCUT2D eigenvalue weighted by Gasteiger charge is 2.31. The molecule has 11 heteroatoms. The number of fused-ring (bicyclic) bond motifs is 2. The second kappa shape index (κ2) is 14.1. The lowest BCUT2D eigenvalue weighted by Crippen LogP contribution is -2.49. The Morgan fingerprint density at radius 1 is 1.00 bits per heavy atom. The van der Waals surface area contributed by atoms with Crippen molar-refractivity contribution in [2.45, 2.75) is 34.1 Å². The van der Waals surface area contributed by atoms with E-state index < -0.39 is 11.9 Å². The summed E-state index contributed by atoms with van der Waals surface area (Å²) in [6.45, 7) is 9.36. The number of piperazine rings is 1. The Morgan fingerprint density at radius 3 is 2.33 bits per heavy atom. The highest BCUT2D eigenvalue weighted by Crippen LogP contribution is 2.44. The normalized spacial score (nSPS) is 19.3. The average Bonchev–Trinajstić information content (AvgIpc) is 3.28. The number of cyclic esters (lactones) is 1. The number of nitrogens with zero attached hydrogens (tertiary/aromatic N) is 3. The first kappa shape index (κ1) is 30.0. The molecule has 3 aliphatic rings. The summed E-state index contributed by atoms with van der Waals surface area (Å²) in [5, 5.41) is 15.6. The molecule has 0 saturated carbocycles. The molecule has 0 aromatic heterocycles. The topological polar surface area (TPSA) is 111 Å². The second-order valence-corrected chi connectivity index (χ2v) is 11.8. The minimum atomic E-state index is -1.26. The Morgan fingerprint density at radius 2 is 1.70 bits per heavy atom. The van der Waals surface area contributed by atoms with Crippen molar-refractivity contribution < 1.29 is 29.3 Å². The first-order chi connectivity index (χ1) is 19.2. The van der Waals surface area contributed by atoms with Crippen molar-refractivity contribution in [1.82, 2.24) is 14.7 Å². The van der Waals surface area contributed by atoms with E-state index in [0.29, 0.717) is 24.8 Å². The lowest BCUT2D eigenvalue weighted by atomic mass is 9.96. The summed E-state index contributed by atoms with van der Waals surface area (Å²) in [4.78, 5) is 41.9. The van der Waals surface area contributed by atoms with Crippen LogP contribution in [0.1, 0.15) is 22.7 Å². The van der Waals surface area contributed by atoms with Gasteiger partial charge in [-0.2, -0.15) is 0 Å². The molecule has 0 aliphatic carbocycles. The van der Waals surface area contributed by atoms with Crippen LogP contribution in [0.4, 0.5) is 4.79 Å². The van der Waals surface area contributed by atoms with Crippen molar-refractivity contribution in [2.75, 3.05) is 58.7 Å². The van der Waals surface area contributed by atoms with Crippen LogP contribution in [-0.2, 0) is 20.7 Å². The van der Waals surface area contributed by atoms with E-state index >= 15 is 0 Å². The summed E-state index contributed by atoms with van der Waals surface area (Å²) < 4.78 is 5.06. The monoisotopic (exact) mass is 585 g/mol. The highest BCUT2D eigenvalue weighted by molar-refractivity contribution is 7.99. The van der Waals surface area contributed by atoms with Gasteiger partial charge in [-0.05, 0) is 55.0 Å². The van der Waals surface area contributed by atoms with Gasteiger partial charge in [0.25, 0.3) is 0 Å². The van der Waals surface area contributed by atoms with Crippen molar-refractivity contribution >= 4 is 41.6 Å². The largest absolute Gasteiger partial charge is 0.478 e. The third-order valence-corrected chi connectivity index (χ3v) is 9.11. The Bertz CT molecular complexity index is 1250. The van der Waals surface area contributed by atoms with Crippen LogP contribution in [0.5, 0.6) is 0 Å². The molecule has 214 valence electrons. The van der Waals surface area contributed by atoms with Crippen LogP contribution in [0.2, 0.25) is 0 Å². The minimum Gasteiger partial charge on any atom is -0.478 e. The van der Waals surface area contributed by atoms with Crippen molar-refractivity contribution in [3.05, 3.63) is 65.2 Å². The van der Waals surface area contributed by atoms with Crippen LogP contribution in [0, 0.1) is 6.92 Å². The van der Waals surface area contributed by atoms with Crippen LogP contribution in [0.15, 0.2) is 63.2 Å². The zero-order valence-electron chi connectivity index (χ0n) is 22.7. The van der Waals surface area contributed by atoms with E-state index in [4.69, 9.17) is 14.9 Å². The van der Waals surface area contributed by atoms with E-state index in [-0.39, 0.29) is 6.09 Å². The second-order valence-electron chi connectivity index (χ2n) is 9.83. The van der Waals surface area contributed by atoms with E-state index in [1.54, 1.807) is 0 Å². The lowest BCUT2D eigenvalue weighted by molar-refractivity contribution is -0.134. The molecule has 1 amide bonds. The van der Waals surface area contributed by atoms with E-state index in [9.17, 15) is 14.4 Å². The fraction of sp³-hybridized carbons (Fsp3) is 0.414. The Kier molecular flexibility index (Phi) is 10.5. The fourth-order valence-corrected chi connectivity index (χ4v) is 6.61. The zero-order valence-corrected chi connectivity index (χ0v) is 24.4. The first-order valence-corrected chi connectivity index (χ1v) is 15.2. The van der Waals surface area contributed by atoms with Crippen molar-refractivity contribution in [2.24, 2.45) is 0 Å². The van der Waals surface area contributed by atoms with Crippen molar-refractivity contribution in [3.8, 4) is 0 Å². The molecular weight excluding hydrogens is 550 g/mol. The molecule has 2 aromatic carbocycles. The number of aryl methyl sites for hydroxylation is 1. The molecule has 1 unspecified atom stereocenters. The van der Waals surface area contributed by atoms with Crippen LogP contribution in [-0.4, -0.2) is 102 Å². The predicted molar refractivity (Wildman–Crippen MR) is 155 cm³/mol. The molecule has 0 radical (unpaired) electrons. The third kappa shape index (κ3) is 8.03. The maximum Gasteiger partial charge on any atom is 0.409 e. The molecule has 2 saturated heterocycles. The average molecular weight is 586 g/mol. The van der Waals surface area contributed by atoms with Gasteiger partial charge in [-0.25, -0.2) is 14.4 Å². The van der Waals surface area contributed by atoms with Crippen LogP contribution in [0.3, 0.4) is 0 Å². The summed E-state index contributed by atoms with van der Waals surface area (Å²) in [5.41, 5.74) is 4.28. The van der Waals surface area contributed by atoms with Crippen LogP contribution < -0.4 is 0 Å². The number of amides is 1. The van der Waals surface area contributed by atoms with Crippen LogP contribution in [0.25, 0.3) is 0 Å². The van der Waals surface area contributed by atoms with Gasteiger partial charge in [0.2, 0.25) is 0 Å². The Hall–Kier alpha value is -2.99. The quantitative estimate of drug-likeness (QED) is 0.362. The number of thioether (sulfide) groups is 1. The van der Waals surface area contributed by atoms with E-state index in [1.165, 1.54) is 31.4 Å². The smallest absolute Gasteiger partial charge is 0.409 e. The van der Waals surface area contributed by atoms with Gasteiger partial charge < -0.3 is 19.8 Å². The number of hydrogen-bond donors (Lipinski definition) is 2. The van der Waals surface area contributed by atoms with E-state index in [2.05, 4.69) is 59.4 Å². The summed E-state index contributed by atoms with van der Waals surface area (Å²) in [5.74, 6) is -2.51. The van der Waals surface area contributed by atoms with E-state index in [0.717, 1.165) is 52.2 Å². The number of carbonyl (C=O) groups is 3. The highest BCUT2D eigenvalue weighted by atomic mass is 32.2. The molecule has 0 bridgehead atoms. The standard InChI is InChI=1S/C25H31N3O2S2.C4H4O4/c1-18-3-5-23-19(15-18)16-22(21-17-20(31-2)4-6-24(21)32-23)27-10-7-26(8-11-27)9-12-28-13-14-30-25(28)29;5-3(6)1-2-4(7)8/h3-6,15,17,22H,7-14,16H2,1-2H3;1-2H,(H,5,6)(H,7,8). The first-order valence-electron chi connectivity index (χ1n) is 13.2. The zero-order chi connectivity index (χ0) is 28.6. The summed E-state index contributed by atoms with van der Waals surface area (Å²) in [6, 6.07) is 14.3. The van der Waals surface area contributed by atoms with E-state index in [1.807, 2.05) is 28.4 Å². The fourth-order valence-electron chi connectivity index (χ4n) is 5.07. The van der Waals surface area contributed by atoms with Gasteiger partial charge in [0.05, 0.1) is 6.54 Å². The number of aliphatic carboxylic acids is 2. The van der Waals surface area contributed by atoms with Gasteiger partial charge in [-0.15, -0.1) is 11.8 Å².